The highest BCUT2D eigenvalue weighted by Gasteiger charge is 2.36. The summed E-state index contributed by atoms with van der Waals surface area (Å²) in [7, 11) is -3.31. The van der Waals surface area contributed by atoms with Gasteiger partial charge in [-0.1, -0.05) is 13.8 Å². The van der Waals surface area contributed by atoms with E-state index < -0.39 is 22.6 Å². The number of piperazine rings is 1. The summed E-state index contributed by atoms with van der Waals surface area (Å²) < 4.78 is 60.9. The number of rotatable bonds is 6. The fourth-order valence-corrected chi connectivity index (χ4v) is 3.93. The second-order valence-corrected chi connectivity index (χ2v) is 9.49. The topological polar surface area (TPSA) is 69.7 Å². The van der Waals surface area contributed by atoms with E-state index in [9.17, 15) is 26.4 Å². The lowest BCUT2D eigenvalue weighted by atomic mass is 9.99. The molecule has 0 saturated carbocycles. The minimum Gasteiger partial charge on any atom is -0.325 e. The molecule has 0 spiro atoms. The minimum absolute atomic E-state index is 0.0660. The third-order valence-corrected chi connectivity index (χ3v) is 5.83. The van der Waals surface area contributed by atoms with Crippen LogP contribution in [0.25, 0.3) is 0 Å². The first-order valence-electron chi connectivity index (χ1n) is 8.98. The van der Waals surface area contributed by atoms with Gasteiger partial charge in [-0.15, -0.1) is 0 Å². The van der Waals surface area contributed by atoms with E-state index in [1.165, 1.54) is 29.2 Å². The van der Waals surface area contributed by atoms with Crippen LogP contribution in [-0.2, 0) is 14.6 Å². The van der Waals surface area contributed by atoms with Gasteiger partial charge in [-0.2, -0.15) is 13.2 Å². The highest BCUT2D eigenvalue weighted by Crippen LogP contribution is 2.22. The highest BCUT2D eigenvalue weighted by atomic mass is 32.2. The van der Waals surface area contributed by atoms with E-state index in [4.69, 9.17) is 0 Å². The van der Waals surface area contributed by atoms with Crippen LogP contribution >= 0.6 is 0 Å². The van der Waals surface area contributed by atoms with Gasteiger partial charge in [0.1, 0.15) is 0 Å². The molecule has 1 aliphatic rings. The molecular formula is C18H26F3N3O3S. The molecule has 0 radical (unpaired) electrons. The molecule has 0 unspecified atom stereocenters. The van der Waals surface area contributed by atoms with Gasteiger partial charge in [0.15, 0.2) is 9.84 Å². The van der Waals surface area contributed by atoms with Gasteiger partial charge >= 0.3 is 6.18 Å². The number of hydrogen-bond acceptors (Lipinski definition) is 5. The number of nitrogens with one attached hydrogen (secondary N) is 1. The first-order valence-corrected chi connectivity index (χ1v) is 10.9. The summed E-state index contributed by atoms with van der Waals surface area (Å²) in [5, 5.41) is 2.71. The summed E-state index contributed by atoms with van der Waals surface area (Å²) in [4.78, 5) is 15.8. The van der Waals surface area contributed by atoms with E-state index in [0.29, 0.717) is 12.2 Å². The number of amides is 1. The van der Waals surface area contributed by atoms with Crippen molar-refractivity contribution in [1.29, 1.82) is 0 Å². The van der Waals surface area contributed by atoms with Crippen molar-refractivity contribution in [2.75, 3.05) is 44.3 Å². The van der Waals surface area contributed by atoms with E-state index in [1.54, 1.807) is 0 Å². The summed E-state index contributed by atoms with van der Waals surface area (Å²) in [6.07, 6.45) is -3.13. The Bertz CT molecular complexity index is 780. The van der Waals surface area contributed by atoms with Crippen LogP contribution < -0.4 is 5.32 Å². The lowest BCUT2D eigenvalue weighted by molar-refractivity contribution is -0.153. The van der Waals surface area contributed by atoms with Crippen molar-refractivity contribution in [2.24, 2.45) is 5.92 Å². The highest BCUT2D eigenvalue weighted by molar-refractivity contribution is 7.90. The Morgan fingerprint density at radius 1 is 1.21 bits per heavy atom. The van der Waals surface area contributed by atoms with Crippen LogP contribution in [0.1, 0.15) is 13.8 Å². The van der Waals surface area contributed by atoms with Crippen LogP contribution in [0, 0.1) is 5.92 Å². The zero-order valence-electron chi connectivity index (χ0n) is 16.2. The second-order valence-electron chi connectivity index (χ2n) is 7.48. The third kappa shape index (κ3) is 6.75. The molecule has 1 fully saturated rings. The van der Waals surface area contributed by atoms with Crippen molar-refractivity contribution in [2.45, 2.75) is 31.0 Å². The van der Waals surface area contributed by atoms with E-state index in [2.05, 4.69) is 5.32 Å². The molecule has 10 heteroatoms. The maximum atomic E-state index is 12.7. The zero-order valence-corrected chi connectivity index (χ0v) is 17.0. The number of sulfone groups is 1. The Labute approximate surface area is 163 Å². The maximum Gasteiger partial charge on any atom is 0.401 e. The van der Waals surface area contributed by atoms with Crippen molar-refractivity contribution in [3.8, 4) is 0 Å². The van der Waals surface area contributed by atoms with Crippen molar-refractivity contribution in [3.63, 3.8) is 0 Å². The predicted octanol–water partition coefficient (Wildman–Crippen LogP) is 2.23. The van der Waals surface area contributed by atoms with Crippen LogP contribution in [0.4, 0.5) is 18.9 Å². The van der Waals surface area contributed by atoms with Crippen molar-refractivity contribution >= 4 is 21.4 Å². The van der Waals surface area contributed by atoms with Crippen molar-refractivity contribution in [1.82, 2.24) is 9.80 Å². The van der Waals surface area contributed by atoms with Gasteiger partial charge in [0.25, 0.3) is 0 Å². The number of halogens is 3. The summed E-state index contributed by atoms with van der Waals surface area (Å²) in [6.45, 7) is 3.86. The van der Waals surface area contributed by atoms with Crippen LogP contribution in [0.15, 0.2) is 29.2 Å². The summed E-state index contributed by atoms with van der Waals surface area (Å²) in [5.41, 5.74) is 0.467. The number of nitrogens with zero attached hydrogens (tertiary/aromatic N) is 2. The van der Waals surface area contributed by atoms with E-state index in [0.717, 1.165) is 6.26 Å². The van der Waals surface area contributed by atoms with E-state index in [-0.39, 0.29) is 42.4 Å². The Hall–Kier alpha value is -1.65. The fourth-order valence-electron chi connectivity index (χ4n) is 3.30. The normalized spacial score (nSPS) is 19.8. The lowest BCUT2D eigenvalue weighted by Crippen LogP contribution is -2.58. The van der Waals surface area contributed by atoms with Gasteiger partial charge in [-0.05, 0) is 30.2 Å². The molecule has 2 rings (SSSR count). The largest absolute Gasteiger partial charge is 0.401 e. The van der Waals surface area contributed by atoms with Crippen LogP contribution in [0.3, 0.4) is 0 Å². The second kappa shape index (κ2) is 8.79. The monoisotopic (exact) mass is 421 g/mol. The summed E-state index contributed by atoms with van der Waals surface area (Å²) >= 11 is 0. The van der Waals surface area contributed by atoms with Crippen molar-refractivity contribution < 1.29 is 26.4 Å². The maximum absolute atomic E-state index is 12.7. The van der Waals surface area contributed by atoms with E-state index >= 15 is 0 Å². The Kier molecular flexibility index (Phi) is 7.11. The quantitative estimate of drug-likeness (QED) is 0.763. The molecule has 1 heterocycles. The van der Waals surface area contributed by atoms with Crippen LogP contribution in [-0.4, -0.2) is 75.3 Å². The van der Waals surface area contributed by atoms with Crippen molar-refractivity contribution in [3.05, 3.63) is 24.3 Å². The number of carbonyl (C=O) groups excluding carboxylic acids is 1. The first kappa shape index (κ1) is 22.6. The molecule has 1 aromatic carbocycles. The SMILES string of the molecule is CC(C)[C@@H]1CN(CC(F)(F)F)CCN1CC(=O)Nc1ccc(S(C)(=O)=O)cc1. The van der Waals surface area contributed by atoms with E-state index in [1.807, 2.05) is 18.7 Å². The van der Waals surface area contributed by atoms with Gasteiger partial charge in [0.2, 0.25) is 5.91 Å². The molecule has 1 aliphatic heterocycles. The predicted molar refractivity (Wildman–Crippen MR) is 101 cm³/mol. The standard InChI is InChI=1S/C18H26F3N3O3S/c1-13(2)16-10-23(12-18(19,20)21)8-9-24(16)11-17(25)22-14-4-6-15(7-5-14)28(3,26)27/h4-7,13,16H,8-12H2,1-3H3,(H,22,25)/t16-/m0/s1. The molecule has 1 saturated heterocycles. The van der Waals surface area contributed by atoms with Crippen LogP contribution in [0.2, 0.25) is 0 Å². The molecular weight excluding hydrogens is 395 g/mol. The third-order valence-electron chi connectivity index (χ3n) is 4.70. The molecule has 6 nitrogen and oxygen atoms in total. The number of alkyl halides is 3. The fraction of sp³-hybridized carbons (Fsp3) is 0.611. The molecule has 0 aromatic heterocycles. The first-order chi connectivity index (χ1) is 12.8. The minimum atomic E-state index is -4.24. The summed E-state index contributed by atoms with van der Waals surface area (Å²) in [6, 6.07) is 5.69. The average molecular weight is 421 g/mol. The Morgan fingerprint density at radius 3 is 2.32 bits per heavy atom. The zero-order chi connectivity index (χ0) is 21.1. The van der Waals surface area contributed by atoms with Gasteiger partial charge in [-0.3, -0.25) is 14.6 Å². The van der Waals surface area contributed by atoms with Gasteiger partial charge in [0.05, 0.1) is 18.0 Å². The molecule has 1 aromatic rings. The molecule has 1 N–H and O–H groups in total. The molecule has 1 atom stereocenters. The number of carbonyl (C=O) groups is 1. The Morgan fingerprint density at radius 2 is 1.82 bits per heavy atom. The molecule has 158 valence electrons. The average Bonchev–Trinajstić information content (AvgIpc) is 2.54. The molecule has 0 bridgehead atoms. The molecule has 0 aliphatic carbocycles. The number of anilines is 1. The van der Waals surface area contributed by atoms with Gasteiger partial charge in [0, 0.05) is 37.6 Å². The summed E-state index contributed by atoms with van der Waals surface area (Å²) in [5.74, 6) is -0.195. The number of hydrogen-bond donors (Lipinski definition) is 1. The smallest absolute Gasteiger partial charge is 0.325 e. The molecule has 28 heavy (non-hydrogen) atoms. The Balaban J connectivity index is 1.96. The number of benzene rings is 1. The van der Waals surface area contributed by atoms with Gasteiger partial charge < -0.3 is 5.32 Å². The molecule has 1 amide bonds. The van der Waals surface area contributed by atoms with Crippen LogP contribution in [0.5, 0.6) is 0 Å². The lowest BCUT2D eigenvalue weighted by Gasteiger charge is -2.43. The van der Waals surface area contributed by atoms with Gasteiger partial charge in [-0.25, -0.2) is 8.42 Å².